The average molecular weight is 455 g/mol. The molecule has 1 saturated heterocycles. The zero-order valence-electron chi connectivity index (χ0n) is 18.2. The number of rotatable bonds is 8. The van der Waals surface area contributed by atoms with Gasteiger partial charge >= 0.3 is 12.6 Å². The number of halogens is 2. The van der Waals surface area contributed by atoms with Crippen molar-refractivity contribution in [3.8, 4) is 17.2 Å². The number of urea groups is 1. The first kappa shape index (κ1) is 22.4. The highest BCUT2D eigenvalue weighted by molar-refractivity contribution is 6.06. The molecule has 9 heteroatoms. The normalized spacial score (nSPS) is 18.2. The van der Waals surface area contributed by atoms with E-state index in [4.69, 9.17) is 4.42 Å². The number of ether oxygens (including phenoxy) is 1. The van der Waals surface area contributed by atoms with E-state index >= 15 is 0 Å². The zero-order chi connectivity index (χ0) is 23.6. The van der Waals surface area contributed by atoms with Gasteiger partial charge in [-0.05, 0) is 56.5 Å². The molecule has 0 spiro atoms. The lowest BCUT2D eigenvalue weighted by Gasteiger charge is -2.21. The lowest BCUT2D eigenvalue weighted by Crippen LogP contribution is -2.44. The van der Waals surface area contributed by atoms with Gasteiger partial charge in [-0.25, -0.2) is 9.78 Å². The van der Waals surface area contributed by atoms with Crippen LogP contribution in [-0.2, 0) is 17.8 Å². The highest BCUT2D eigenvalue weighted by Gasteiger charge is 2.47. The van der Waals surface area contributed by atoms with Gasteiger partial charge in [-0.3, -0.25) is 9.69 Å². The molecule has 1 unspecified atom stereocenters. The first-order valence-electron chi connectivity index (χ1n) is 10.4. The van der Waals surface area contributed by atoms with E-state index in [9.17, 15) is 18.4 Å². The van der Waals surface area contributed by atoms with Gasteiger partial charge in [0.05, 0.1) is 12.2 Å². The molecule has 1 fully saturated rings. The predicted molar refractivity (Wildman–Crippen MR) is 116 cm³/mol. The number of nitrogens with one attached hydrogen (secondary N) is 1. The van der Waals surface area contributed by atoms with Crippen LogP contribution in [-0.4, -0.2) is 34.0 Å². The Morgan fingerprint density at radius 2 is 1.82 bits per heavy atom. The third kappa shape index (κ3) is 5.02. The lowest BCUT2D eigenvalue weighted by molar-refractivity contribution is -0.131. The van der Waals surface area contributed by atoms with Gasteiger partial charge in [0, 0.05) is 5.56 Å². The fourth-order valence-electron chi connectivity index (χ4n) is 3.66. The minimum atomic E-state index is -2.88. The first-order valence-corrected chi connectivity index (χ1v) is 10.4. The van der Waals surface area contributed by atoms with Crippen LogP contribution in [0.4, 0.5) is 13.6 Å². The van der Waals surface area contributed by atoms with Crippen molar-refractivity contribution < 1.29 is 27.5 Å². The Morgan fingerprint density at radius 1 is 1.12 bits per heavy atom. The highest BCUT2D eigenvalue weighted by atomic mass is 19.3. The molecule has 3 aromatic rings. The number of nitrogens with zero attached hydrogens (tertiary/aromatic N) is 2. The molecule has 1 aromatic heterocycles. The van der Waals surface area contributed by atoms with Gasteiger partial charge in [0.2, 0.25) is 5.89 Å². The molecular formula is C24H23F2N3O4. The molecule has 0 saturated carbocycles. The van der Waals surface area contributed by atoms with E-state index in [0.717, 1.165) is 21.6 Å². The summed E-state index contributed by atoms with van der Waals surface area (Å²) in [5.41, 5.74) is 2.13. The van der Waals surface area contributed by atoms with Crippen molar-refractivity contribution in [2.75, 3.05) is 0 Å². The van der Waals surface area contributed by atoms with Gasteiger partial charge in [0.15, 0.2) is 0 Å². The first-order chi connectivity index (χ1) is 15.7. The molecule has 1 N–H and O–H groups in total. The van der Waals surface area contributed by atoms with Gasteiger partial charge in [0.1, 0.15) is 17.6 Å². The molecule has 0 aliphatic carbocycles. The largest absolute Gasteiger partial charge is 0.444 e. The maximum atomic E-state index is 13.0. The van der Waals surface area contributed by atoms with Crippen LogP contribution in [0.1, 0.15) is 30.2 Å². The SMILES string of the molecule is Cc1ccc(-c2nc(CN3C(=O)NC(C)(CCc4ccc(OC(F)F)cc4)C3=O)co2)cc1. The average Bonchev–Trinajstić information content (AvgIpc) is 3.32. The number of imide groups is 1. The molecule has 4 rings (SSSR count). The highest BCUT2D eigenvalue weighted by Crippen LogP contribution is 2.26. The second-order valence-corrected chi connectivity index (χ2v) is 8.19. The molecule has 3 amide bonds. The van der Waals surface area contributed by atoms with E-state index in [0.29, 0.717) is 24.4 Å². The molecule has 1 atom stereocenters. The number of hydrogen-bond acceptors (Lipinski definition) is 5. The summed E-state index contributed by atoms with van der Waals surface area (Å²) in [6.07, 6.45) is 2.25. The van der Waals surface area contributed by atoms with Crippen LogP contribution in [0.5, 0.6) is 5.75 Å². The molecular weight excluding hydrogens is 432 g/mol. The zero-order valence-corrected chi connectivity index (χ0v) is 18.2. The number of aryl methyl sites for hydroxylation is 2. The summed E-state index contributed by atoms with van der Waals surface area (Å²) in [5.74, 6) is 0.123. The van der Waals surface area contributed by atoms with Crippen molar-refractivity contribution in [3.05, 3.63) is 71.6 Å². The summed E-state index contributed by atoms with van der Waals surface area (Å²) < 4.78 is 34.4. The van der Waals surface area contributed by atoms with E-state index < -0.39 is 18.2 Å². The summed E-state index contributed by atoms with van der Waals surface area (Å²) >= 11 is 0. The van der Waals surface area contributed by atoms with Gasteiger partial charge in [-0.2, -0.15) is 8.78 Å². The Balaban J connectivity index is 1.39. The summed E-state index contributed by atoms with van der Waals surface area (Å²) in [4.78, 5) is 31.1. The van der Waals surface area contributed by atoms with E-state index in [-0.39, 0.29) is 18.2 Å². The van der Waals surface area contributed by atoms with Crippen molar-refractivity contribution >= 4 is 11.9 Å². The number of amides is 3. The Labute approximate surface area is 189 Å². The molecule has 2 heterocycles. The van der Waals surface area contributed by atoms with Crippen LogP contribution in [0, 0.1) is 6.92 Å². The van der Waals surface area contributed by atoms with E-state index in [1.54, 1.807) is 19.1 Å². The van der Waals surface area contributed by atoms with Crippen LogP contribution >= 0.6 is 0 Å². The van der Waals surface area contributed by atoms with Crippen LogP contribution in [0.25, 0.3) is 11.5 Å². The predicted octanol–water partition coefficient (Wildman–Crippen LogP) is 4.69. The van der Waals surface area contributed by atoms with Crippen molar-refractivity contribution in [2.24, 2.45) is 0 Å². The number of carbonyl (C=O) groups is 2. The van der Waals surface area contributed by atoms with Gasteiger partial charge < -0.3 is 14.5 Å². The third-order valence-electron chi connectivity index (χ3n) is 5.58. The Kier molecular flexibility index (Phi) is 6.13. The standard InChI is InChI=1S/C24H23F2N3O4/c1-15-3-7-17(8-4-15)20-27-18(14-32-20)13-29-21(30)24(2,28-23(29)31)12-11-16-5-9-19(10-6-16)33-22(25)26/h3-10,14,22H,11-13H2,1-2H3,(H,28,31). The molecule has 2 aromatic carbocycles. The second kappa shape index (κ2) is 9.01. The topological polar surface area (TPSA) is 84.7 Å². The number of hydrogen-bond donors (Lipinski definition) is 1. The number of benzene rings is 2. The van der Waals surface area contributed by atoms with Crippen LogP contribution in [0.2, 0.25) is 0 Å². The van der Waals surface area contributed by atoms with Crippen molar-refractivity contribution in [2.45, 2.75) is 45.4 Å². The Bertz CT molecular complexity index is 1150. The van der Waals surface area contributed by atoms with Crippen molar-refractivity contribution in [1.82, 2.24) is 15.2 Å². The lowest BCUT2D eigenvalue weighted by atomic mass is 9.93. The fourth-order valence-corrected chi connectivity index (χ4v) is 3.66. The monoisotopic (exact) mass is 455 g/mol. The quantitative estimate of drug-likeness (QED) is 0.498. The fraction of sp³-hybridized carbons (Fsp3) is 0.292. The molecule has 1 aliphatic rings. The molecule has 1 aliphatic heterocycles. The minimum absolute atomic E-state index is 0.00468. The van der Waals surface area contributed by atoms with Crippen molar-refractivity contribution in [1.29, 1.82) is 0 Å². The Hall–Kier alpha value is -3.75. The van der Waals surface area contributed by atoms with E-state index in [2.05, 4.69) is 15.0 Å². The molecule has 0 bridgehead atoms. The maximum absolute atomic E-state index is 13.0. The van der Waals surface area contributed by atoms with Crippen molar-refractivity contribution in [3.63, 3.8) is 0 Å². The molecule has 172 valence electrons. The number of alkyl halides is 2. The molecule has 0 radical (unpaired) electrons. The van der Waals surface area contributed by atoms with Gasteiger partial charge in [0.25, 0.3) is 5.91 Å². The summed E-state index contributed by atoms with van der Waals surface area (Å²) in [7, 11) is 0. The Morgan fingerprint density at radius 3 is 2.48 bits per heavy atom. The van der Waals surface area contributed by atoms with Gasteiger partial charge in [-0.15, -0.1) is 0 Å². The second-order valence-electron chi connectivity index (χ2n) is 8.19. The molecule has 7 nitrogen and oxygen atoms in total. The van der Waals surface area contributed by atoms with Crippen LogP contribution in [0.3, 0.4) is 0 Å². The number of aromatic nitrogens is 1. The number of carbonyl (C=O) groups excluding carboxylic acids is 2. The third-order valence-corrected chi connectivity index (χ3v) is 5.58. The summed E-state index contributed by atoms with van der Waals surface area (Å²) in [6, 6.07) is 13.4. The molecule has 33 heavy (non-hydrogen) atoms. The summed E-state index contributed by atoms with van der Waals surface area (Å²) in [6.45, 7) is 0.762. The van der Waals surface area contributed by atoms with E-state index in [1.807, 2.05) is 31.2 Å². The van der Waals surface area contributed by atoms with Gasteiger partial charge in [-0.1, -0.05) is 29.8 Å². The minimum Gasteiger partial charge on any atom is -0.444 e. The maximum Gasteiger partial charge on any atom is 0.387 e. The van der Waals surface area contributed by atoms with Crippen LogP contribution in [0.15, 0.2) is 59.2 Å². The number of oxazole rings is 1. The van der Waals surface area contributed by atoms with Crippen LogP contribution < -0.4 is 10.1 Å². The van der Waals surface area contributed by atoms with E-state index in [1.165, 1.54) is 18.4 Å². The summed E-state index contributed by atoms with van der Waals surface area (Å²) in [5, 5.41) is 2.76. The smallest absolute Gasteiger partial charge is 0.387 e.